The van der Waals surface area contributed by atoms with Crippen LogP contribution >= 0.6 is 0 Å². The molecule has 0 radical (unpaired) electrons. The van der Waals surface area contributed by atoms with E-state index in [1.165, 1.54) is 0 Å². The van der Waals surface area contributed by atoms with E-state index in [2.05, 4.69) is 25.6 Å². The van der Waals surface area contributed by atoms with Crippen LogP contribution in [0.2, 0.25) is 0 Å². The SMILES string of the molecule is COCCCNc1cc(CNC(=O)c2nc3ccccc3c(=O)[nH]2)ccn1. The summed E-state index contributed by atoms with van der Waals surface area (Å²) in [5, 5.41) is 6.42. The van der Waals surface area contributed by atoms with Gasteiger partial charge in [0, 0.05) is 33.0 Å². The largest absolute Gasteiger partial charge is 0.385 e. The normalized spacial score (nSPS) is 10.7. The molecular weight excluding hydrogens is 346 g/mol. The quantitative estimate of drug-likeness (QED) is 0.523. The summed E-state index contributed by atoms with van der Waals surface area (Å²) < 4.78 is 5.01. The maximum atomic E-state index is 12.4. The van der Waals surface area contributed by atoms with Crippen LogP contribution in [0.3, 0.4) is 0 Å². The third-order valence-electron chi connectivity index (χ3n) is 3.94. The van der Waals surface area contributed by atoms with E-state index in [1.807, 2.05) is 12.1 Å². The first kappa shape index (κ1) is 18.5. The van der Waals surface area contributed by atoms with Crippen molar-refractivity contribution in [2.24, 2.45) is 0 Å². The number of nitrogens with zero attached hydrogens (tertiary/aromatic N) is 2. The summed E-state index contributed by atoms with van der Waals surface area (Å²) in [6.45, 7) is 1.73. The van der Waals surface area contributed by atoms with Crippen molar-refractivity contribution in [2.45, 2.75) is 13.0 Å². The lowest BCUT2D eigenvalue weighted by molar-refractivity contribution is 0.0940. The van der Waals surface area contributed by atoms with E-state index in [0.29, 0.717) is 24.1 Å². The Hall–Kier alpha value is -3.26. The third-order valence-corrected chi connectivity index (χ3v) is 3.94. The number of aromatic nitrogens is 3. The Kier molecular flexibility index (Phi) is 6.11. The zero-order valence-corrected chi connectivity index (χ0v) is 15.0. The number of hydrogen-bond acceptors (Lipinski definition) is 6. The van der Waals surface area contributed by atoms with Crippen LogP contribution in [-0.2, 0) is 11.3 Å². The van der Waals surface area contributed by atoms with Crippen LogP contribution in [0, 0.1) is 0 Å². The van der Waals surface area contributed by atoms with Crippen molar-refractivity contribution in [3.05, 3.63) is 64.3 Å². The van der Waals surface area contributed by atoms with Crippen molar-refractivity contribution in [3.63, 3.8) is 0 Å². The number of benzene rings is 1. The van der Waals surface area contributed by atoms with Crippen molar-refractivity contribution in [2.75, 3.05) is 25.6 Å². The lowest BCUT2D eigenvalue weighted by atomic mass is 10.2. The monoisotopic (exact) mass is 367 g/mol. The van der Waals surface area contributed by atoms with Crippen LogP contribution in [0.4, 0.5) is 5.82 Å². The van der Waals surface area contributed by atoms with Gasteiger partial charge in [-0.3, -0.25) is 9.59 Å². The minimum absolute atomic E-state index is 0.00864. The first-order chi connectivity index (χ1) is 13.2. The number of H-pyrrole nitrogens is 1. The molecule has 3 aromatic rings. The number of nitrogens with one attached hydrogen (secondary N) is 3. The maximum absolute atomic E-state index is 12.4. The zero-order valence-electron chi connectivity index (χ0n) is 15.0. The molecule has 27 heavy (non-hydrogen) atoms. The topological polar surface area (TPSA) is 109 Å². The van der Waals surface area contributed by atoms with Gasteiger partial charge in [0.25, 0.3) is 11.5 Å². The van der Waals surface area contributed by atoms with Gasteiger partial charge < -0.3 is 20.4 Å². The Labute approximate surface area is 156 Å². The molecule has 3 rings (SSSR count). The zero-order chi connectivity index (χ0) is 19.1. The van der Waals surface area contributed by atoms with Gasteiger partial charge in [0.15, 0.2) is 5.82 Å². The Morgan fingerprint density at radius 1 is 1.26 bits per heavy atom. The number of aromatic amines is 1. The molecule has 0 fully saturated rings. The van der Waals surface area contributed by atoms with Gasteiger partial charge in [-0.25, -0.2) is 9.97 Å². The Morgan fingerprint density at radius 3 is 2.96 bits per heavy atom. The molecule has 1 aromatic carbocycles. The van der Waals surface area contributed by atoms with E-state index in [-0.39, 0.29) is 11.4 Å². The fourth-order valence-electron chi connectivity index (χ4n) is 2.57. The van der Waals surface area contributed by atoms with Crippen LogP contribution in [0.15, 0.2) is 47.4 Å². The molecule has 0 unspecified atom stereocenters. The fourth-order valence-corrected chi connectivity index (χ4v) is 2.57. The molecule has 8 heteroatoms. The smallest absolute Gasteiger partial charge is 0.287 e. The maximum Gasteiger partial charge on any atom is 0.287 e. The highest BCUT2D eigenvalue weighted by Crippen LogP contribution is 2.08. The average molecular weight is 367 g/mol. The molecular formula is C19H21N5O3. The number of para-hydroxylation sites is 1. The molecule has 2 heterocycles. The molecule has 0 atom stereocenters. The molecule has 0 bridgehead atoms. The lowest BCUT2D eigenvalue weighted by Gasteiger charge is -2.08. The summed E-state index contributed by atoms with van der Waals surface area (Å²) in [4.78, 5) is 35.4. The van der Waals surface area contributed by atoms with Gasteiger partial charge in [0.05, 0.1) is 10.9 Å². The summed E-state index contributed by atoms with van der Waals surface area (Å²) >= 11 is 0. The van der Waals surface area contributed by atoms with E-state index in [4.69, 9.17) is 4.74 Å². The number of carbonyl (C=O) groups is 1. The first-order valence-electron chi connectivity index (χ1n) is 8.62. The van der Waals surface area contributed by atoms with Gasteiger partial charge >= 0.3 is 0 Å². The van der Waals surface area contributed by atoms with Crippen LogP contribution in [-0.4, -0.2) is 41.1 Å². The Balaban J connectivity index is 1.63. The van der Waals surface area contributed by atoms with Gasteiger partial charge in [-0.2, -0.15) is 0 Å². The van der Waals surface area contributed by atoms with Gasteiger partial charge in [0.1, 0.15) is 5.82 Å². The average Bonchev–Trinajstić information content (AvgIpc) is 2.70. The van der Waals surface area contributed by atoms with E-state index in [0.717, 1.165) is 24.3 Å². The number of hydrogen-bond donors (Lipinski definition) is 3. The number of ether oxygens (including phenoxy) is 1. The van der Waals surface area contributed by atoms with E-state index in [1.54, 1.807) is 37.6 Å². The van der Waals surface area contributed by atoms with Crippen molar-refractivity contribution < 1.29 is 9.53 Å². The predicted octanol–water partition coefficient (Wildman–Crippen LogP) is 1.70. The van der Waals surface area contributed by atoms with Crippen LogP contribution in [0.1, 0.15) is 22.6 Å². The van der Waals surface area contributed by atoms with E-state index < -0.39 is 5.91 Å². The molecule has 0 aliphatic carbocycles. The first-order valence-corrected chi connectivity index (χ1v) is 8.62. The molecule has 0 saturated carbocycles. The number of amides is 1. The van der Waals surface area contributed by atoms with Gasteiger partial charge in [-0.15, -0.1) is 0 Å². The summed E-state index contributed by atoms with van der Waals surface area (Å²) in [7, 11) is 1.67. The summed E-state index contributed by atoms with van der Waals surface area (Å²) in [6, 6.07) is 10.6. The van der Waals surface area contributed by atoms with Crippen LogP contribution in [0.25, 0.3) is 10.9 Å². The van der Waals surface area contributed by atoms with Crippen molar-refractivity contribution in [1.82, 2.24) is 20.3 Å². The molecule has 0 spiro atoms. The number of methoxy groups -OCH3 is 1. The second-order valence-electron chi connectivity index (χ2n) is 5.94. The second kappa shape index (κ2) is 8.91. The Morgan fingerprint density at radius 2 is 2.11 bits per heavy atom. The number of rotatable bonds is 8. The Bertz CT molecular complexity index is 986. The summed E-state index contributed by atoms with van der Waals surface area (Å²) in [5.74, 6) is 0.282. The lowest BCUT2D eigenvalue weighted by Crippen LogP contribution is -2.27. The molecule has 3 N–H and O–H groups in total. The molecule has 0 aliphatic rings. The molecule has 2 aromatic heterocycles. The van der Waals surface area contributed by atoms with Crippen molar-refractivity contribution >= 4 is 22.6 Å². The number of fused-ring (bicyclic) bond motifs is 1. The van der Waals surface area contributed by atoms with Gasteiger partial charge in [0.2, 0.25) is 0 Å². The minimum Gasteiger partial charge on any atom is -0.385 e. The van der Waals surface area contributed by atoms with Gasteiger partial charge in [-0.1, -0.05) is 12.1 Å². The van der Waals surface area contributed by atoms with Crippen LogP contribution in [0.5, 0.6) is 0 Å². The molecule has 0 aliphatic heterocycles. The van der Waals surface area contributed by atoms with Crippen molar-refractivity contribution in [1.29, 1.82) is 0 Å². The highest BCUT2D eigenvalue weighted by atomic mass is 16.5. The number of carbonyl (C=O) groups excluding carboxylic acids is 1. The van der Waals surface area contributed by atoms with E-state index in [9.17, 15) is 9.59 Å². The second-order valence-corrected chi connectivity index (χ2v) is 5.94. The number of anilines is 1. The predicted molar refractivity (Wildman–Crippen MR) is 103 cm³/mol. The molecule has 8 nitrogen and oxygen atoms in total. The number of pyridine rings is 1. The van der Waals surface area contributed by atoms with E-state index >= 15 is 0 Å². The minimum atomic E-state index is -0.440. The third kappa shape index (κ3) is 4.89. The molecule has 140 valence electrons. The molecule has 0 saturated heterocycles. The summed E-state index contributed by atoms with van der Waals surface area (Å²) in [6.07, 6.45) is 2.55. The fraction of sp³-hybridized carbons (Fsp3) is 0.263. The standard InChI is InChI=1S/C19H21N5O3/c1-27-10-4-8-20-16-11-13(7-9-21-16)12-22-19(26)17-23-15-6-3-2-5-14(15)18(25)24-17/h2-3,5-7,9,11H,4,8,10,12H2,1H3,(H,20,21)(H,22,26)(H,23,24,25). The molecule has 1 amide bonds. The van der Waals surface area contributed by atoms with Crippen LogP contribution < -0.4 is 16.2 Å². The van der Waals surface area contributed by atoms with Gasteiger partial charge in [-0.05, 0) is 36.2 Å². The summed E-state index contributed by atoms with van der Waals surface area (Å²) in [5.41, 5.74) is 1.03. The highest BCUT2D eigenvalue weighted by molar-refractivity contribution is 5.92. The van der Waals surface area contributed by atoms with Crippen molar-refractivity contribution in [3.8, 4) is 0 Å². The highest BCUT2D eigenvalue weighted by Gasteiger charge is 2.11.